The molecule has 0 aromatic carbocycles. The Morgan fingerprint density at radius 3 is 1.93 bits per heavy atom. The number of hydrogen-bond acceptors (Lipinski definition) is 3. The normalized spacial score (nSPS) is 21.9. The van der Waals surface area contributed by atoms with Crippen LogP contribution in [0.15, 0.2) is 0 Å². The van der Waals surface area contributed by atoms with Crippen molar-refractivity contribution in [2.45, 2.75) is 6.18 Å². The molecule has 0 aromatic rings. The highest BCUT2D eigenvalue weighted by Crippen LogP contribution is 2.17. The van der Waals surface area contributed by atoms with E-state index >= 15 is 0 Å². The first-order chi connectivity index (χ1) is 6.68. The lowest BCUT2D eigenvalue weighted by Crippen LogP contribution is -2.52. The van der Waals surface area contributed by atoms with Crippen LogP contribution in [0.1, 0.15) is 0 Å². The number of rotatable bonds is 2. The number of nitrogens with two attached hydrogens (primary N) is 1. The van der Waals surface area contributed by atoms with Gasteiger partial charge in [0, 0.05) is 26.2 Å². The van der Waals surface area contributed by atoms with Crippen LogP contribution in [-0.4, -0.2) is 56.5 Å². The predicted octanol–water partition coefficient (Wildman–Crippen LogP) is -0.630. The molecule has 0 atom stereocenters. The van der Waals surface area contributed by atoms with E-state index in [-0.39, 0.29) is 26.2 Å². The Morgan fingerprint density at radius 2 is 1.60 bits per heavy atom. The minimum atomic E-state index is -4.25. The molecule has 0 aliphatic carbocycles. The topological polar surface area (TPSA) is 66.6 Å². The molecule has 0 unspecified atom stereocenters. The highest BCUT2D eigenvalue weighted by Gasteiger charge is 2.33. The number of piperazine rings is 1. The largest absolute Gasteiger partial charge is 0.401 e. The van der Waals surface area contributed by atoms with Crippen molar-refractivity contribution in [2.75, 3.05) is 32.7 Å². The van der Waals surface area contributed by atoms with Crippen molar-refractivity contribution < 1.29 is 21.6 Å². The van der Waals surface area contributed by atoms with Gasteiger partial charge in [0.2, 0.25) is 0 Å². The second-order valence-electron chi connectivity index (χ2n) is 3.34. The molecule has 0 spiro atoms. The van der Waals surface area contributed by atoms with Crippen molar-refractivity contribution in [3.8, 4) is 0 Å². The van der Waals surface area contributed by atoms with Gasteiger partial charge in [0.05, 0.1) is 6.54 Å². The molecule has 2 N–H and O–H groups in total. The molecule has 9 heteroatoms. The van der Waals surface area contributed by atoms with Crippen molar-refractivity contribution in [3.05, 3.63) is 0 Å². The third-order valence-corrected chi connectivity index (χ3v) is 3.18. The molecular weight excluding hydrogens is 235 g/mol. The van der Waals surface area contributed by atoms with Gasteiger partial charge >= 0.3 is 6.18 Å². The molecule has 0 bridgehead atoms. The van der Waals surface area contributed by atoms with E-state index in [0.29, 0.717) is 0 Å². The van der Waals surface area contributed by atoms with Gasteiger partial charge in [-0.3, -0.25) is 4.90 Å². The van der Waals surface area contributed by atoms with E-state index in [1.165, 1.54) is 0 Å². The highest BCUT2D eigenvalue weighted by atomic mass is 32.2. The molecule has 1 fully saturated rings. The zero-order valence-electron chi connectivity index (χ0n) is 7.87. The van der Waals surface area contributed by atoms with Gasteiger partial charge in [-0.1, -0.05) is 0 Å². The van der Waals surface area contributed by atoms with Crippen LogP contribution in [0.25, 0.3) is 0 Å². The van der Waals surface area contributed by atoms with Gasteiger partial charge in [0.25, 0.3) is 10.2 Å². The van der Waals surface area contributed by atoms with Gasteiger partial charge in [-0.2, -0.15) is 25.9 Å². The van der Waals surface area contributed by atoms with Crippen molar-refractivity contribution >= 4 is 10.2 Å². The molecule has 1 aliphatic heterocycles. The van der Waals surface area contributed by atoms with Gasteiger partial charge in [0.1, 0.15) is 0 Å². The van der Waals surface area contributed by atoms with E-state index in [0.717, 1.165) is 9.21 Å². The number of hydrogen-bond donors (Lipinski definition) is 1. The lowest BCUT2D eigenvalue weighted by molar-refractivity contribution is -0.148. The van der Waals surface area contributed by atoms with E-state index in [2.05, 4.69) is 0 Å². The molecule has 0 aromatic heterocycles. The van der Waals surface area contributed by atoms with Gasteiger partial charge in [0.15, 0.2) is 0 Å². The molecule has 1 rings (SSSR count). The third kappa shape index (κ3) is 4.33. The fourth-order valence-electron chi connectivity index (χ4n) is 1.40. The summed E-state index contributed by atoms with van der Waals surface area (Å²) in [7, 11) is -3.77. The third-order valence-electron chi connectivity index (χ3n) is 2.09. The van der Waals surface area contributed by atoms with Crippen molar-refractivity contribution in [1.29, 1.82) is 0 Å². The van der Waals surface area contributed by atoms with Gasteiger partial charge in [-0.15, -0.1) is 0 Å². The van der Waals surface area contributed by atoms with Crippen LogP contribution in [-0.2, 0) is 10.2 Å². The summed E-state index contributed by atoms with van der Waals surface area (Å²) in [6.07, 6.45) is -4.25. The van der Waals surface area contributed by atoms with Crippen LogP contribution >= 0.6 is 0 Å². The first-order valence-corrected chi connectivity index (χ1v) is 5.76. The maximum atomic E-state index is 12.0. The number of halogens is 3. The second kappa shape index (κ2) is 4.24. The van der Waals surface area contributed by atoms with E-state index in [1.54, 1.807) is 0 Å². The van der Waals surface area contributed by atoms with E-state index in [1.807, 2.05) is 0 Å². The zero-order valence-corrected chi connectivity index (χ0v) is 8.68. The Balaban J connectivity index is 2.43. The first kappa shape index (κ1) is 12.7. The predicted molar refractivity (Wildman–Crippen MR) is 47.2 cm³/mol. The number of alkyl halides is 3. The molecule has 5 nitrogen and oxygen atoms in total. The van der Waals surface area contributed by atoms with E-state index in [9.17, 15) is 21.6 Å². The molecule has 0 amide bonds. The monoisotopic (exact) mass is 247 g/mol. The molecule has 15 heavy (non-hydrogen) atoms. The van der Waals surface area contributed by atoms with Crippen molar-refractivity contribution in [1.82, 2.24) is 9.21 Å². The van der Waals surface area contributed by atoms with Crippen molar-refractivity contribution in [3.63, 3.8) is 0 Å². The quantitative estimate of drug-likeness (QED) is 0.706. The first-order valence-electron chi connectivity index (χ1n) is 4.25. The van der Waals surface area contributed by atoms with E-state index in [4.69, 9.17) is 5.14 Å². The zero-order chi connectivity index (χ0) is 11.7. The summed E-state index contributed by atoms with van der Waals surface area (Å²) in [4.78, 5) is 1.15. The fourth-order valence-corrected chi connectivity index (χ4v) is 2.07. The summed E-state index contributed by atoms with van der Waals surface area (Å²) >= 11 is 0. The molecule has 90 valence electrons. The Kier molecular flexibility index (Phi) is 3.59. The van der Waals surface area contributed by atoms with Crippen molar-refractivity contribution in [2.24, 2.45) is 5.14 Å². The summed E-state index contributed by atoms with van der Waals surface area (Å²) in [6.45, 7) is -0.888. The lowest BCUT2D eigenvalue weighted by atomic mass is 10.3. The number of nitrogens with zero attached hydrogens (tertiary/aromatic N) is 2. The van der Waals surface area contributed by atoms with Crippen LogP contribution in [0.4, 0.5) is 13.2 Å². The average Bonchev–Trinajstić information content (AvgIpc) is 2.00. The SMILES string of the molecule is NS(=O)(=O)N1CCN(CC(F)(F)F)CC1. The molecule has 1 aliphatic rings. The Labute approximate surface area is 85.8 Å². The Morgan fingerprint density at radius 1 is 1.13 bits per heavy atom. The lowest BCUT2D eigenvalue weighted by Gasteiger charge is -2.33. The standard InChI is InChI=1S/C6H12F3N3O2S/c7-6(8,9)5-11-1-3-12(4-2-11)15(10,13)14/h1-5H2,(H2,10,13,14). The van der Waals surface area contributed by atoms with Crippen LogP contribution in [0.3, 0.4) is 0 Å². The molecule has 0 radical (unpaired) electrons. The summed E-state index contributed by atoms with van der Waals surface area (Å²) in [5, 5.41) is 4.84. The van der Waals surface area contributed by atoms with E-state index < -0.39 is 22.9 Å². The van der Waals surface area contributed by atoms with Crippen LogP contribution < -0.4 is 5.14 Å². The van der Waals surface area contributed by atoms with Crippen LogP contribution in [0.5, 0.6) is 0 Å². The average molecular weight is 247 g/mol. The second-order valence-corrected chi connectivity index (χ2v) is 4.88. The van der Waals surface area contributed by atoms with Gasteiger partial charge in [-0.05, 0) is 0 Å². The van der Waals surface area contributed by atoms with Gasteiger partial charge in [-0.25, -0.2) is 5.14 Å². The minimum absolute atomic E-state index is 0.00884. The summed E-state index contributed by atoms with van der Waals surface area (Å²) in [6, 6.07) is 0. The fraction of sp³-hybridized carbons (Fsp3) is 1.00. The van der Waals surface area contributed by atoms with Crippen LogP contribution in [0.2, 0.25) is 0 Å². The maximum Gasteiger partial charge on any atom is 0.401 e. The van der Waals surface area contributed by atoms with Gasteiger partial charge < -0.3 is 0 Å². The van der Waals surface area contributed by atoms with Crippen LogP contribution in [0, 0.1) is 0 Å². The Hall–Kier alpha value is -0.380. The Bertz CT molecular complexity index is 308. The summed E-state index contributed by atoms with van der Waals surface area (Å²) < 4.78 is 58.6. The molecular formula is C6H12F3N3O2S. The molecule has 1 heterocycles. The molecule has 1 saturated heterocycles. The smallest absolute Gasteiger partial charge is 0.292 e. The summed E-state index contributed by atoms with van der Waals surface area (Å²) in [5.41, 5.74) is 0. The minimum Gasteiger partial charge on any atom is -0.292 e. The maximum absolute atomic E-state index is 12.0. The highest BCUT2D eigenvalue weighted by molar-refractivity contribution is 7.86. The molecule has 0 saturated carbocycles. The summed E-state index contributed by atoms with van der Waals surface area (Å²) in [5.74, 6) is 0.